The van der Waals surface area contributed by atoms with Gasteiger partial charge >= 0.3 is 0 Å². The fourth-order valence-corrected chi connectivity index (χ4v) is 6.82. The van der Waals surface area contributed by atoms with Crippen molar-refractivity contribution in [2.45, 2.75) is 100 Å². The minimum atomic E-state index is -3.26. The van der Waals surface area contributed by atoms with Crippen molar-refractivity contribution in [3.8, 4) is 0 Å². The molecule has 0 aromatic heterocycles. The molecule has 4 aromatic rings. The van der Waals surface area contributed by atoms with Crippen molar-refractivity contribution >= 4 is 0 Å². The number of halogens is 4. The number of ether oxygens (including phenoxy) is 4. The van der Waals surface area contributed by atoms with Gasteiger partial charge in [-0.25, -0.2) is 17.6 Å². The Morgan fingerprint density at radius 3 is 1.52 bits per heavy atom. The number of alkyl halides is 4. The molecule has 12 heteroatoms. The summed E-state index contributed by atoms with van der Waals surface area (Å²) >= 11 is 0. The van der Waals surface area contributed by atoms with Gasteiger partial charge in [-0.2, -0.15) is 0 Å². The first-order chi connectivity index (χ1) is 25.9. The summed E-state index contributed by atoms with van der Waals surface area (Å²) in [5.41, 5.74) is 1.95. The molecule has 0 spiro atoms. The van der Waals surface area contributed by atoms with E-state index in [4.69, 9.17) is 19.3 Å². The lowest BCUT2D eigenvalue weighted by atomic mass is 9.82. The third-order valence-corrected chi connectivity index (χ3v) is 9.93. The van der Waals surface area contributed by atoms with Crippen LogP contribution in [0.15, 0.2) is 121 Å². The molecule has 2 aliphatic rings. The van der Waals surface area contributed by atoms with Crippen molar-refractivity contribution in [3.05, 3.63) is 144 Å². The van der Waals surface area contributed by atoms with Crippen LogP contribution in [0.2, 0.25) is 0 Å². The zero-order chi connectivity index (χ0) is 38.9. The van der Waals surface area contributed by atoms with Crippen LogP contribution in [0.1, 0.15) is 54.9 Å². The Balaban J connectivity index is 0.000000239. The van der Waals surface area contributed by atoms with Gasteiger partial charge in [-0.1, -0.05) is 135 Å². The first kappa shape index (κ1) is 41.4. The Hall–Kier alpha value is -3.72. The van der Waals surface area contributed by atoms with Gasteiger partial charge in [0.15, 0.2) is 12.3 Å². The molecule has 6 rings (SSSR count). The topological polar surface area (TPSA) is 118 Å². The summed E-state index contributed by atoms with van der Waals surface area (Å²) in [4.78, 5) is 0. The van der Waals surface area contributed by atoms with E-state index in [1.165, 1.54) is 24.3 Å². The second-order valence-electron chi connectivity index (χ2n) is 13.6. The zero-order valence-electron chi connectivity index (χ0n) is 30.1. The van der Waals surface area contributed by atoms with Gasteiger partial charge in [0.1, 0.15) is 30.5 Å². The number of rotatable bonds is 12. The van der Waals surface area contributed by atoms with Crippen LogP contribution in [0.25, 0.3) is 0 Å². The average molecular weight is 757 g/mol. The quantitative estimate of drug-likeness (QED) is 0.117. The van der Waals surface area contributed by atoms with Crippen molar-refractivity contribution in [1.82, 2.24) is 0 Å². The van der Waals surface area contributed by atoms with Crippen LogP contribution in [-0.4, -0.2) is 81.5 Å². The maximum atomic E-state index is 16.8. The Morgan fingerprint density at radius 1 is 0.630 bits per heavy atom. The fourth-order valence-electron chi connectivity index (χ4n) is 6.82. The number of aliphatic hydroxyl groups is 4. The normalized spacial score (nSPS) is 32.2. The van der Waals surface area contributed by atoms with Crippen molar-refractivity contribution in [2.75, 3.05) is 6.61 Å². The zero-order valence-corrected chi connectivity index (χ0v) is 30.1. The highest BCUT2D eigenvalue weighted by Gasteiger charge is 2.61. The molecule has 292 valence electrons. The van der Waals surface area contributed by atoms with E-state index in [2.05, 4.69) is 4.74 Å². The number of hydrogen-bond acceptors (Lipinski definition) is 8. The molecule has 2 aliphatic heterocycles. The fraction of sp³-hybridized carbons (Fsp3) is 0.429. The van der Waals surface area contributed by atoms with E-state index in [0.29, 0.717) is 6.42 Å². The highest BCUT2D eigenvalue weighted by molar-refractivity contribution is 5.23. The predicted molar refractivity (Wildman–Crippen MR) is 193 cm³/mol. The van der Waals surface area contributed by atoms with Gasteiger partial charge < -0.3 is 39.4 Å². The van der Waals surface area contributed by atoms with Crippen molar-refractivity contribution < 1.29 is 56.9 Å². The standard InChI is InChI=1S/C29H32F2O3.C13H16F2O5/c1-3-25-21(2)26(32-19-22-13-7-4-8-14-22)28(33-20-23-15-9-5-10-16-23)29(31,34-25)27(30)24-17-11-6-12-18-24;14-11(7-4-2-1-3-5-7)13(15)12(19)10(18)9(17)8(6-16)20-13/h4-18,21,25-28H,3,19-20H2,1-2H3;1-5,8-12,16-19H,6H2/t21-,25-,26+,27?,28-,29?;8-,9-,10+,11?,12-,13?/m11/s1. The summed E-state index contributed by atoms with van der Waals surface area (Å²) < 4.78 is 84.7. The molecule has 54 heavy (non-hydrogen) atoms. The monoisotopic (exact) mass is 756 g/mol. The summed E-state index contributed by atoms with van der Waals surface area (Å²) in [5, 5.41) is 37.8. The van der Waals surface area contributed by atoms with Crippen LogP contribution in [0.5, 0.6) is 0 Å². The maximum Gasteiger partial charge on any atom is 0.274 e. The van der Waals surface area contributed by atoms with Gasteiger partial charge in [-0.05, 0) is 28.7 Å². The largest absolute Gasteiger partial charge is 0.394 e. The predicted octanol–water partition coefficient (Wildman–Crippen LogP) is 6.82. The lowest BCUT2D eigenvalue weighted by molar-refractivity contribution is -0.343. The van der Waals surface area contributed by atoms with Gasteiger partial charge in [-0.3, -0.25) is 0 Å². The molecule has 0 saturated carbocycles. The lowest BCUT2D eigenvalue weighted by Crippen LogP contribution is -2.64. The molecule has 8 nitrogen and oxygen atoms in total. The smallest absolute Gasteiger partial charge is 0.274 e. The lowest BCUT2D eigenvalue weighted by Gasteiger charge is -2.49. The van der Waals surface area contributed by atoms with Crippen LogP contribution >= 0.6 is 0 Å². The molecular weight excluding hydrogens is 708 g/mol. The molecule has 0 bridgehead atoms. The van der Waals surface area contributed by atoms with E-state index >= 15 is 8.78 Å². The van der Waals surface area contributed by atoms with Gasteiger partial charge in [0.05, 0.1) is 32.0 Å². The summed E-state index contributed by atoms with van der Waals surface area (Å²) in [6, 6.07) is 34.6. The molecule has 2 heterocycles. The minimum absolute atomic E-state index is 0.0886. The number of aliphatic hydroxyl groups excluding tert-OH is 4. The van der Waals surface area contributed by atoms with Crippen LogP contribution in [-0.2, 0) is 32.2 Å². The molecule has 0 amide bonds. The number of benzene rings is 4. The third kappa shape index (κ3) is 9.21. The molecular formula is C42H48F4O8. The molecule has 0 radical (unpaired) electrons. The first-order valence-corrected chi connectivity index (χ1v) is 18.0. The summed E-state index contributed by atoms with van der Waals surface area (Å²) in [6.07, 6.45) is -13.8. The third-order valence-electron chi connectivity index (χ3n) is 9.93. The summed E-state index contributed by atoms with van der Waals surface area (Å²) in [5.74, 6) is -6.15. The summed E-state index contributed by atoms with van der Waals surface area (Å²) in [7, 11) is 0. The van der Waals surface area contributed by atoms with E-state index in [1.807, 2.05) is 74.5 Å². The van der Waals surface area contributed by atoms with E-state index in [-0.39, 0.29) is 30.3 Å². The van der Waals surface area contributed by atoms with Crippen molar-refractivity contribution in [2.24, 2.45) is 5.92 Å². The molecule has 2 fully saturated rings. The van der Waals surface area contributed by atoms with Gasteiger partial charge in [0, 0.05) is 5.92 Å². The van der Waals surface area contributed by atoms with Gasteiger partial charge in [0.25, 0.3) is 11.7 Å². The SMILES string of the molecule is CC[C@H]1OC(F)(C(F)c2ccccc2)[C@H](OCc2ccccc2)[C@@H](OCc2ccccc2)[C@@H]1C.OC[C@H]1OC(F)(C(F)c2ccccc2)[C@H](O)[C@@H](O)[C@@H]1O. The Labute approximate surface area is 312 Å². The Kier molecular flexibility index (Phi) is 14.4. The Bertz CT molecular complexity index is 1680. The molecule has 4 aromatic carbocycles. The molecule has 0 aliphatic carbocycles. The highest BCUT2D eigenvalue weighted by Crippen LogP contribution is 2.48. The second kappa shape index (κ2) is 18.7. The van der Waals surface area contributed by atoms with Crippen LogP contribution in [0.3, 0.4) is 0 Å². The van der Waals surface area contributed by atoms with Gasteiger partial charge in [0.2, 0.25) is 0 Å². The molecule has 12 atom stereocenters. The van der Waals surface area contributed by atoms with Crippen molar-refractivity contribution in [3.63, 3.8) is 0 Å². The van der Waals surface area contributed by atoms with Crippen LogP contribution in [0.4, 0.5) is 17.6 Å². The van der Waals surface area contributed by atoms with Crippen LogP contribution in [0, 0.1) is 5.92 Å². The molecule has 2 saturated heterocycles. The Morgan fingerprint density at radius 2 is 1.06 bits per heavy atom. The molecule has 4 unspecified atom stereocenters. The molecule has 4 N–H and O–H groups in total. The number of hydrogen-bond donors (Lipinski definition) is 4. The van der Waals surface area contributed by atoms with E-state index in [1.54, 1.807) is 36.4 Å². The average Bonchev–Trinajstić information content (AvgIpc) is 3.22. The van der Waals surface area contributed by atoms with Crippen LogP contribution < -0.4 is 0 Å². The van der Waals surface area contributed by atoms with E-state index < -0.39 is 73.4 Å². The second-order valence-corrected chi connectivity index (χ2v) is 13.6. The minimum Gasteiger partial charge on any atom is -0.394 e. The maximum absolute atomic E-state index is 16.8. The first-order valence-electron chi connectivity index (χ1n) is 18.0. The van der Waals surface area contributed by atoms with Crippen molar-refractivity contribution in [1.29, 1.82) is 0 Å². The van der Waals surface area contributed by atoms with E-state index in [9.17, 15) is 24.1 Å². The summed E-state index contributed by atoms with van der Waals surface area (Å²) in [6.45, 7) is 3.44. The van der Waals surface area contributed by atoms with E-state index in [0.717, 1.165) is 11.1 Å². The highest BCUT2D eigenvalue weighted by atomic mass is 19.2. The van der Waals surface area contributed by atoms with Gasteiger partial charge in [-0.15, -0.1) is 0 Å².